The number of rotatable bonds is 5. The van der Waals surface area contributed by atoms with Crippen LogP contribution in [0.5, 0.6) is 5.75 Å². The van der Waals surface area contributed by atoms with Crippen LogP contribution in [0.2, 0.25) is 0 Å². The lowest BCUT2D eigenvalue weighted by Crippen LogP contribution is -2.23. The number of esters is 1. The van der Waals surface area contributed by atoms with Gasteiger partial charge in [-0.1, -0.05) is 12.1 Å². The quantitative estimate of drug-likeness (QED) is 0.783. The van der Waals surface area contributed by atoms with Crippen LogP contribution < -0.4 is 5.32 Å². The monoisotopic (exact) mass is 249 g/mol. The fourth-order valence-corrected chi connectivity index (χ4v) is 2.43. The Morgan fingerprint density at radius 3 is 3.17 bits per heavy atom. The summed E-state index contributed by atoms with van der Waals surface area (Å²) < 4.78 is 4.88. The molecule has 98 valence electrons. The fraction of sp³-hybridized carbons (Fsp3) is 0.500. The third-order valence-electron chi connectivity index (χ3n) is 3.27. The predicted molar refractivity (Wildman–Crippen MR) is 68.4 cm³/mol. The van der Waals surface area contributed by atoms with Crippen LogP contribution in [0.25, 0.3) is 0 Å². The van der Waals surface area contributed by atoms with Crippen molar-refractivity contribution in [2.45, 2.75) is 32.2 Å². The number of nitrogens with one attached hydrogen (secondary N) is 1. The van der Waals surface area contributed by atoms with E-state index in [4.69, 9.17) is 4.74 Å². The SMILES string of the molecule is CCOC(=O)CCNC1CCc2c(O)cccc21. The van der Waals surface area contributed by atoms with Gasteiger partial charge in [-0.05, 0) is 37.0 Å². The molecule has 0 fully saturated rings. The smallest absolute Gasteiger partial charge is 0.307 e. The number of carbonyl (C=O) groups excluding carboxylic acids is 1. The van der Waals surface area contributed by atoms with Crippen LogP contribution in [-0.2, 0) is 16.0 Å². The molecule has 1 aromatic rings. The van der Waals surface area contributed by atoms with E-state index in [2.05, 4.69) is 5.32 Å². The summed E-state index contributed by atoms with van der Waals surface area (Å²) in [6, 6.07) is 5.85. The second kappa shape index (κ2) is 5.87. The van der Waals surface area contributed by atoms with Crippen LogP contribution in [0.4, 0.5) is 0 Å². The van der Waals surface area contributed by atoms with Gasteiger partial charge in [0.1, 0.15) is 5.75 Å². The summed E-state index contributed by atoms with van der Waals surface area (Å²) in [5.41, 5.74) is 2.19. The number of phenolic OH excluding ortho intramolecular Hbond substituents is 1. The van der Waals surface area contributed by atoms with Crippen LogP contribution in [-0.4, -0.2) is 24.2 Å². The lowest BCUT2D eigenvalue weighted by molar-refractivity contribution is -0.143. The average molecular weight is 249 g/mol. The molecule has 1 unspecified atom stereocenters. The zero-order chi connectivity index (χ0) is 13.0. The van der Waals surface area contributed by atoms with Crippen molar-refractivity contribution in [3.63, 3.8) is 0 Å². The van der Waals surface area contributed by atoms with Gasteiger partial charge >= 0.3 is 5.97 Å². The molecule has 0 aromatic heterocycles. The number of phenols is 1. The highest BCUT2D eigenvalue weighted by atomic mass is 16.5. The number of benzene rings is 1. The number of hydrogen-bond donors (Lipinski definition) is 2. The molecule has 2 rings (SSSR count). The van der Waals surface area contributed by atoms with Crippen LogP contribution >= 0.6 is 0 Å². The van der Waals surface area contributed by atoms with Gasteiger partial charge < -0.3 is 15.2 Å². The molecule has 0 saturated carbocycles. The van der Waals surface area contributed by atoms with Crippen LogP contribution in [0, 0.1) is 0 Å². The first-order valence-electron chi connectivity index (χ1n) is 6.42. The summed E-state index contributed by atoms with van der Waals surface area (Å²) in [7, 11) is 0. The third-order valence-corrected chi connectivity index (χ3v) is 3.27. The predicted octanol–water partition coefficient (Wildman–Crippen LogP) is 1.92. The second-order valence-corrected chi connectivity index (χ2v) is 4.45. The largest absolute Gasteiger partial charge is 0.508 e. The molecule has 1 aliphatic rings. The molecule has 4 heteroatoms. The minimum atomic E-state index is -0.167. The molecule has 0 amide bonds. The van der Waals surface area contributed by atoms with Crippen molar-refractivity contribution in [3.05, 3.63) is 29.3 Å². The molecule has 4 nitrogen and oxygen atoms in total. The zero-order valence-corrected chi connectivity index (χ0v) is 10.6. The van der Waals surface area contributed by atoms with Crippen LogP contribution in [0.3, 0.4) is 0 Å². The van der Waals surface area contributed by atoms with Gasteiger partial charge in [-0.3, -0.25) is 4.79 Å². The molecule has 0 radical (unpaired) electrons. The van der Waals surface area contributed by atoms with Crippen molar-refractivity contribution in [1.29, 1.82) is 0 Å². The number of fused-ring (bicyclic) bond motifs is 1. The van der Waals surface area contributed by atoms with E-state index >= 15 is 0 Å². The maximum Gasteiger partial charge on any atom is 0.307 e. The number of carbonyl (C=O) groups is 1. The van der Waals surface area contributed by atoms with Gasteiger partial charge in [0.25, 0.3) is 0 Å². The van der Waals surface area contributed by atoms with Gasteiger partial charge in [0.2, 0.25) is 0 Å². The topological polar surface area (TPSA) is 58.6 Å². The van der Waals surface area contributed by atoms with E-state index in [0.29, 0.717) is 25.3 Å². The summed E-state index contributed by atoms with van der Waals surface area (Å²) in [4.78, 5) is 11.2. The summed E-state index contributed by atoms with van der Waals surface area (Å²) in [6.07, 6.45) is 2.24. The van der Waals surface area contributed by atoms with E-state index < -0.39 is 0 Å². The minimum Gasteiger partial charge on any atom is -0.508 e. The van der Waals surface area contributed by atoms with E-state index in [-0.39, 0.29) is 12.0 Å². The van der Waals surface area contributed by atoms with E-state index in [1.54, 1.807) is 13.0 Å². The Morgan fingerprint density at radius 2 is 2.39 bits per heavy atom. The fourth-order valence-electron chi connectivity index (χ4n) is 2.43. The van der Waals surface area contributed by atoms with Crippen LogP contribution in [0.15, 0.2) is 18.2 Å². The molecule has 0 saturated heterocycles. The van der Waals surface area contributed by atoms with E-state index in [9.17, 15) is 9.90 Å². The maximum atomic E-state index is 11.2. The molecule has 1 aromatic carbocycles. The number of ether oxygens (including phenoxy) is 1. The van der Waals surface area contributed by atoms with Crippen molar-refractivity contribution in [3.8, 4) is 5.75 Å². The lowest BCUT2D eigenvalue weighted by Gasteiger charge is -2.13. The highest BCUT2D eigenvalue weighted by molar-refractivity contribution is 5.69. The summed E-state index contributed by atoms with van der Waals surface area (Å²) in [5, 5.41) is 13.1. The lowest BCUT2D eigenvalue weighted by atomic mass is 10.1. The van der Waals surface area contributed by atoms with Gasteiger partial charge in [0.05, 0.1) is 13.0 Å². The maximum absolute atomic E-state index is 11.2. The second-order valence-electron chi connectivity index (χ2n) is 4.45. The summed E-state index contributed by atoms with van der Waals surface area (Å²) in [6.45, 7) is 2.85. The Hall–Kier alpha value is -1.55. The van der Waals surface area contributed by atoms with E-state index in [0.717, 1.165) is 24.0 Å². The first kappa shape index (κ1) is 12.9. The normalized spacial score (nSPS) is 17.5. The molecule has 0 spiro atoms. The summed E-state index contributed by atoms with van der Waals surface area (Å²) in [5.74, 6) is 0.210. The van der Waals surface area contributed by atoms with Gasteiger partial charge in [-0.25, -0.2) is 0 Å². The Balaban J connectivity index is 1.87. The van der Waals surface area contributed by atoms with Crippen molar-refractivity contribution in [2.24, 2.45) is 0 Å². The third kappa shape index (κ3) is 2.82. The molecule has 1 aliphatic carbocycles. The van der Waals surface area contributed by atoms with Crippen molar-refractivity contribution in [1.82, 2.24) is 5.32 Å². The molecule has 0 aliphatic heterocycles. The first-order chi connectivity index (χ1) is 8.72. The Morgan fingerprint density at radius 1 is 1.56 bits per heavy atom. The van der Waals surface area contributed by atoms with Crippen molar-refractivity contribution in [2.75, 3.05) is 13.2 Å². The molecule has 1 atom stereocenters. The highest BCUT2D eigenvalue weighted by Gasteiger charge is 2.23. The molecule has 2 N–H and O–H groups in total. The number of hydrogen-bond acceptors (Lipinski definition) is 4. The molecule has 0 bridgehead atoms. The van der Waals surface area contributed by atoms with Crippen LogP contribution in [0.1, 0.15) is 36.9 Å². The summed E-state index contributed by atoms with van der Waals surface area (Å²) >= 11 is 0. The van der Waals surface area contributed by atoms with Gasteiger partial charge in [0, 0.05) is 12.6 Å². The number of aromatic hydroxyl groups is 1. The first-order valence-corrected chi connectivity index (χ1v) is 6.42. The standard InChI is InChI=1S/C14H19NO3/c1-2-18-14(17)8-9-15-12-7-6-11-10(12)4-3-5-13(11)16/h3-5,12,15-16H,2,6-9H2,1H3. The molecule has 18 heavy (non-hydrogen) atoms. The molecular formula is C14H19NO3. The minimum absolute atomic E-state index is 0.167. The van der Waals surface area contributed by atoms with Gasteiger partial charge in [-0.2, -0.15) is 0 Å². The Labute approximate surface area is 107 Å². The zero-order valence-electron chi connectivity index (χ0n) is 10.6. The van der Waals surface area contributed by atoms with Crippen molar-refractivity contribution >= 4 is 5.97 Å². The van der Waals surface area contributed by atoms with Gasteiger partial charge in [0.15, 0.2) is 0 Å². The highest BCUT2D eigenvalue weighted by Crippen LogP contribution is 2.36. The average Bonchev–Trinajstić information content (AvgIpc) is 2.75. The van der Waals surface area contributed by atoms with Gasteiger partial charge in [-0.15, -0.1) is 0 Å². The Kier molecular flexibility index (Phi) is 4.20. The molecular weight excluding hydrogens is 230 g/mol. The Bertz CT molecular complexity index is 431. The molecule has 0 heterocycles. The van der Waals surface area contributed by atoms with E-state index in [1.807, 2.05) is 12.1 Å². The van der Waals surface area contributed by atoms with E-state index in [1.165, 1.54) is 0 Å². The van der Waals surface area contributed by atoms with Crippen molar-refractivity contribution < 1.29 is 14.6 Å².